The second-order valence-electron chi connectivity index (χ2n) is 6.70. The number of H-pyrrole nitrogens is 1. The fourth-order valence-electron chi connectivity index (χ4n) is 3.15. The average molecular weight is 375 g/mol. The molecule has 3 heterocycles. The second-order valence-corrected chi connectivity index (χ2v) is 6.70. The molecule has 7 heteroatoms. The molecular formula is C21H21N5O2. The van der Waals surface area contributed by atoms with E-state index >= 15 is 0 Å². The van der Waals surface area contributed by atoms with Gasteiger partial charge in [0, 0.05) is 41.4 Å². The fraction of sp³-hybridized carbons (Fsp3) is 0.190. The van der Waals surface area contributed by atoms with Crippen LogP contribution in [0.5, 0.6) is 0 Å². The van der Waals surface area contributed by atoms with Gasteiger partial charge in [-0.1, -0.05) is 0 Å². The highest BCUT2D eigenvalue weighted by molar-refractivity contribution is 6.02. The van der Waals surface area contributed by atoms with Gasteiger partial charge >= 0.3 is 0 Å². The molecule has 0 atom stereocenters. The molecule has 0 radical (unpaired) electrons. The summed E-state index contributed by atoms with van der Waals surface area (Å²) in [4.78, 5) is 16.7. The van der Waals surface area contributed by atoms with Crippen LogP contribution in [0.1, 0.15) is 39.1 Å². The summed E-state index contributed by atoms with van der Waals surface area (Å²) in [6, 6.07) is 11.1. The molecule has 0 bridgehead atoms. The number of nitrogens with one attached hydrogen (secondary N) is 2. The molecule has 3 aromatic heterocycles. The number of hydrogen-bond acceptors (Lipinski definition) is 4. The van der Waals surface area contributed by atoms with E-state index in [1.165, 1.54) is 0 Å². The number of benzene rings is 1. The Balaban J connectivity index is 1.44. The minimum Gasteiger partial charge on any atom is -0.456 e. The van der Waals surface area contributed by atoms with Gasteiger partial charge in [0.1, 0.15) is 11.6 Å². The molecule has 1 aromatic carbocycles. The van der Waals surface area contributed by atoms with Gasteiger partial charge in [0.05, 0.1) is 5.69 Å². The van der Waals surface area contributed by atoms with Crippen molar-refractivity contribution < 1.29 is 9.21 Å². The van der Waals surface area contributed by atoms with E-state index in [0.717, 1.165) is 34.2 Å². The van der Waals surface area contributed by atoms with Crippen molar-refractivity contribution in [3.63, 3.8) is 0 Å². The standard InChI is InChI=1S/C21H21N5O2/c1-13-19(14(2)25-24-13)12-18-8-9-20(28-18)21(27)23-16-4-6-17(7-5-16)26-11-10-22-15(26)3/h4-11H,12H2,1-3H3,(H,23,27)(H,24,25). The van der Waals surface area contributed by atoms with Gasteiger partial charge in [0.25, 0.3) is 5.91 Å². The molecule has 4 aromatic rings. The molecule has 4 rings (SSSR count). The van der Waals surface area contributed by atoms with E-state index in [9.17, 15) is 4.79 Å². The highest BCUT2D eigenvalue weighted by Crippen LogP contribution is 2.19. The van der Waals surface area contributed by atoms with Crippen LogP contribution in [0.3, 0.4) is 0 Å². The SMILES string of the molecule is Cc1n[nH]c(C)c1Cc1ccc(C(=O)Nc2ccc(-n3ccnc3C)cc2)o1. The zero-order valence-electron chi connectivity index (χ0n) is 16.0. The molecule has 0 unspecified atom stereocenters. The molecular weight excluding hydrogens is 354 g/mol. The maximum atomic E-state index is 12.5. The Morgan fingerprint density at radius 1 is 1.14 bits per heavy atom. The summed E-state index contributed by atoms with van der Waals surface area (Å²) in [6.45, 7) is 5.86. The van der Waals surface area contributed by atoms with Crippen LogP contribution >= 0.6 is 0 Å². The Hall–Kier alpha value is -3.61. The first-order valence-corrected chi connectivity index (χ1v) is 9.02. The Morgan fingerprint density at radius 3 is 2.57 bits per heavy atom. The molecule has 0 fully saturated rings. The zero-order valence-corrected chi connectivity index (χ0v) is 16.0. The van der Waals surface area contributed by atoms with Crippen LogP contribution in [-0.2, 0) is 6.42 Å². The maximum Gasteiger partial charge on any atom is 0.291 e. The number of amides is 1. The van der Waals surface area contributed by atoms with Gasteiger partial charge in [-0.2, -0.15) is 5.10 Å². The van der Waals surface area contributed by atoms with Gasteiger partial charge in [-0.3, -0.25) is 9.89 Å². The second kappa shape index (κ2) is 7.19. The highest BCUT2D eigenvalue weighted by atomic mass is 16.3. The molecule has 0 aliphatic rings. The number of furan rings is 1. The number of carbonyl (C=O) groups is 1. The number of aromatic amines is 1. The van der Waals surface area contributed by atoms with Crippen LogP contribution in [0.25, 0.3) is 5.69 Å². The van der Waals surface area contributed by atoms with Crippen molar-refractivity contribution in [1.29, 1.82) is 0 Å². The van der Waals surface area contributed by atoms with E-state index in [-0.39, 0.29) is 11.7 Å². The van der Waals surface area contributed by atoms with Gasteiger partial charge in [0.2, 0.25) is 0 Å². The average Bonchev–Trinajstić information content (AvgIpc) is 3.40. The van der Waals surface area contributed by atoms with Crippen molar-refractivity contribution in [3.05, 3.63) is 83.1 Å². The minimum atomic E-state index is -0.279. The third-order valence-corrected chi connectivity index (χ3v) is 4.75. The van der Waals surface area contributed by atoms with Crippen LogP contribution in [0.2, 0.25) is 0 Å². The smallest absolute Gasteiger partial charge is 0.291 e. The molecule has 0 aliphatic carbocycles. The van der Waals surface area contributed by atoms with Crippen molar-refractivity contribution >= 4 is 11.6 Å². The summed E-state index contributed by atoms with van der Waals surface area (Å²) in [5.74, 6) is 1.63. The first-order valence-electron chi connectivity index (χ1n) is 9.02. The van der Waals surface area contributed by atoms with E-state index < -0.39 is 0 Å². The number of hydrogen-bond donors (Lipinski definition) is 2. The summed E-state index contributed by atoms with van der Waals surface area (Å²) in [5.41, 5.74) is 4.72. The Bertz CT molecular complexity index is 1100. The lowest BCUT2D eigenvalue weighted by molar-refractivity contribution is 0.0995. The summed E-state index contributed by atoms with van der Waals surface area (Å²) in [7, 11) is 0. The van der Waals surface area contributed by atoms with Crippen LogP contribution in [0, 0.1) is 20.8 Å². The number of carbonyl (C=O) groups excluding carboxylic acids is 1. The van der Waals surface area contributed by atoms with Crippen molar-refractivity contribution in [2.45, 2.75) is 27.2 Å². The van der Waals surface area contributed by atoms with E-state index in [1.807, 2.05) is 61.9 Å². The van der Waals surface area contributed by atoms with Gasteiger partial charge in [-0.15, -0.1) is 0 Å². The normalized spacial score (nSPS) is 11.0. The predicted molar refractivity (Wildman–Crippen MR) is 106 cm³/mol. The minimum absolute atomic E-state index is 0.279. The number of imidazole rings is 1. The third kappa shape index (κ3) is 3.46. The molecule has 0 saturated heterocycles. The zero-order chi connectivity index (χ0) is 19.7. The Labute approximate surface area is 162 Å². The van der Waals surface area contributed by atoms with Crippen LogP contribution in [0.4, 0.5) is 5.69 Å². The van der Waals surface area contributed by atoms with E-state index in [1.54, 1.807) is 12.3 Å². The van der Waals surface area contributed by atoms with E-state index in [4.69, 9.17) is 4.42 Å². The molecule has 0 spiro atoms. The highest BCUT2D eigenvalue weighted by Gasteiger charge is 2.14. The fourth-order valence-corrected chi connectivity index (χ4v) is 3.15. The molecule has 0 aliphatic heterocycles. The largest absolute Gasteiger partial charge is 0.456 e. The van der Waals surface area contributed by atoms with Gasteiger partial charge in [0.15, 0.2) is 5.76 Å². The first-order chi connectivity index (χ1) is 13.5. The van der Waals surface area contributed by atoms with Crippen molar-refractivity contribution in [2.75, 3.05) is 5.32 Å². The lowest BCUT2D eigenvalue weighted by atomic mass is 10.1. The quantitative estimate of drug-likeness (QED) is 0.553. The van der Waals surface area contributed by atoms with Crippen LogP contribution in [-0.4, -0.2) is 25.7 Å². The van der Waals surface area contributed by atoms with Gasteiger partial charge in [-0.05, 0) is 57.2 Å². The lowest BCUT2D eigenvalue weighted by Crippen LogP contribution is -2.10. The molecule has 28 heavy (non-hydrogen) atoms. The number of aryl methyl sites for hydroxylation is 3. The number of aromatic nitrogens is 4. The van der Waals surface area contributed by atoms with Crippen molar-refractivity contribution in [1.82, 2.24) is 19.7 Å². The summed E-state index contributed by atoms with van der Waals surface area (Å²) in [6.07, 6.45) is 4.25. The van der Waals surface area contributed by atoms with E-state index in [2.05, 4.69) is 20.5 Å². The summed E-state index contributed by atoms with van der Waals surface area (Å²) >= 11 is 0. The van der Waals surface area contributed by atoms with Crippen molar-refractivity contribution in [2.24, 2.45) is 0 Å². The number of nitrogens with zero attached hydrogens (tertiary/aromatic N) is 3. The maximum absolute atomic E-state index is 12.5. The molecule has 7 nitrogen and oxygen atoms in total. The Morgan fingerprint density at radius 2 is 1.93 bits per heavy atom. The number of rotatable bonds is 5. The van der Waals surface area contributed by atoms with E-state index in [0.29, 0.717) is 12.1 Å². The van der Waals surface area contributed by atoms with Crippen LogP contribution < -0.4 is 5.32 Å². The molecule has 142 valence electrons. The molecule has 1 amide bonds. The lowest BCUT2D eigenvalue weighted by Gasteiger charge is -2.07. The van der Waals surface area contributed by atoms with Crippen LogP contribution in [0.15, 0.2) is 53.2 Å². The summed E-state index contributed by atoms with van der Waals surface area (Å²) < 4.78 is 7.71. The molecule has 0 saturated carbocycles. The van der Waals surface area contributed by atoms with Gasteiger partial charge < -0.3 is 14.3 Å². The Kier molecular flexibility index (Phi) is 4.57. The monoisotopic (exact) mass is 375 g/mol. The van der Waals surface area contributed by atoms with Gasteiger partial charge in [-0.25, -0.2) is 4.98 Å². The third-order valence-electron chi connectivity index (χ3n) is 4.75. The van der Waals surface area contributed by atoms with Crippen molar-refractivity contribution in [3.8, 4) is 5.69 Å². The summed E-state index contributed by atoms with van der Waals surface area (Å²) in [5, 5.41) is 10.0. The predicted octanol–water partition coefficient (Wildman–Crippen LogP) is 3.96. The number of anilines is 1. The topological polar surface area (TPSA) is 88.7 Å². The first kappa shape index (κ1) is 17.8. The molecule has 2 N–H and O–H groups in total.